The number of benzene rings is 2. The highest BCUT2D eigenvalue weighted by Crippen LogP contribution is 2.37. The molecule has 0 saturated carbocycles. The van der Waals surface area contributed by atoms with Crippen LogP contribution in [0.4, 0.5) is 18.9 Å². The minimum absolute atomic E-state index is 0.0306. The van der Waals surface area contributed by atoms with Crippen molar-refractivity contribution in [1.29, 1.82) is 0 Å². The maximum atomic E-state index is 12.4. The maximum absolute atomic E-state index is 12.4. The van der Waals surface area contributed by atoms with Gasteiger partial charge in [0.15, 0.2) is 0 Å². The molecule has 0 saturated heterocycles. The van der Waals surface area contributed by atoms with Crippen LogP contribution in [0.15, 0.2) is 66.2 Å². The lowest BCUT2D eigenvalue weighted by molar-refractivity contribution is -0.384. The van der Waals surface area contributed by atoms with Crippen molar-refractivity contribution in [2.24, 2.45) is 0 Å². The highest BCUT2D eigenvalue weighted by Gasteiger charge is 2.31. The lowest BCUT2D eigenvalue weighted by Gasteiger charge is -2.10. The lowest BCUT2D eigenvalue weighted by atomic mass is 10.1. The molecule has 0 bridgehead atoms. The standard InChI is InChI=1S/C19H11F3N2O3S/c20-19(21,22)27-14-6-3-12(4-7-14)23-11-16(18-2-1-9-28-18)15-10-13(24(25)26)5-8-17(15)23/h1-11H. The molecule has 0 aliphatic rings. The van der Waals surface area contributed by atoms with Crippen molar-refractivity contribution in [3.63, 3.8) is 0 Å². The molecule has 28 heavy (non-hydrogen) atoms. The van der Waals surface area contributed by atoms with Gasteiger partial charge >= 0.3 is 6.36 Å². The monoisotopic (exact) mass is 404 g/mol. The van der Waals surface area contributed by atoms with Crippen LogP contribution in [0, 0.1) is 10.1 Å². The number of halogens is 3. The van der Waals surface area contributed by atoms with E-state index in [9.17, 15) is 23.3 Å². The molecule has 0 unspecified atom stereocenters. The van der Waals surface area contributed by atoms with Crippen LogP contribution >= 0.6 is 11.3 Å². The molecule has 0 fully saturated rings. The Labute approximate surface area is 160 Å². The largest absolute Gasteiger partial charge is 0.573 e. The SMILES string of the molecule is O=[N+]([O-])c1ccc2c(c1)c(-c1cccs1)cn2-c1ccc(OC(F)(F)F)cc1. The topological polar surface area (TPSA) is 57.3 Å². The third-order valence-electron chi connectivity index (χ3n) is 4.13. The van der Waals surface area contributed by atoms with Crippen molar-refractivity contribution in [2.45, 2.75) is 6.36 Å². The smallest absolute Gasteiger partial charge is 0.406 e. The number of thiophene rings is 1. The molecule has 2 aromatic heterocycles. The average Bonchev–Trinajstić information content (AvgIpc) is 3.28. The van der Waals surface area contributed by atoms with Crippen LogP contribution < -0.4 is 4.74 Å². The van der Waals surface area contributed by atoms with Gasteiger partial charge in [-0.05, 0) is 41.8 Å². The number of nitrogens with zero attached hydrogens (tertiary/aromatic N) is 2. The van der Waals surface area contributed by atoms with Gasteiger partial charge in [-0.25, -0.2) is 0 Å². The van der Waals surface area contributed by atoms with Crippen LogP contribution in [-0.4, -0.2) is 15.9 Å². The molecule has 0 amide bonds. The predicted octanol–water partition coefficient (Wildman–Crippen LogP) is 6.17. The van der Waals surface area contributed by atoms with Crippen molar-refractivity contribution in [2.75, 3.05) is 0 Å². The van der Waals surface area contributed by atoms with Gasteiger partial charge in [0.2, 0.25) is 0 Å². The Balaban J connectivity index is 1.84. The van der Waals surface area contributed by atoms with Gasteiger partial charge in [-0.3, -0.25) is 10.1 Å². The minimum atomic E-state index is -4.76. The summed E-state index contributed by atoms with van der Waals surface area (Å²) in [6, 6.07) is 13.8. The Morgan fingerprint density at radius 1 is 1.07 bits per heavy atom. The number of non-ortho nitro benzene ring substituents is 1. The number of hydrogen-bond acceptors (Lipinski definition) is 4. The average molecular weight is 404 g/mol. The molecular formula is C19H11F3N2O3S. The number of aromatic nitrogens is 1. The van der Waals surface area contributed by atoms with E-state index in [1.807, 2.05) is 23.7 Å². The van der Waals surface area contributed by atoms with Gasteiger partial charge in [0.1, 0.15) is 5.75 Å². The Morgan fingerprint density at radius 2 is 1.82 bits per heavy atom. The van der Waals surface area contributed by atoms with Crippen LogP contribution in [0.5, 0.6) is 5.75 Å². The summed E-state index contributed by atoms with van der Waals surface area (Å²) in [6.07, 6.45) is -2.94. The first-order chi connectivity index (χ1) is 13.3. The van der Waals surface area contributed by atoms with Crippen LogP contribution in [0.3, 0.4) is 0 Å². The highest BCUT2D eigenvalue weighted by molar-refractivity contribution is 7.13. The van der Waals surface area contributed by atoms with Gasteiger partial charge in [0.25, 0.3) is 5.69 Å². The molecule has 0 aliphatic carbocycles. The first-order valence-corrected chi connectivity index (χ1v) is 8.89. The van der Waals surface area contributed by atoms with E-state index in [1.165, 1.54) is 47.7 Å². The lowest BCUT2D eigenvalue weighted by Crippen LogP contribution is -2.17. The van der Waals surface area contributed by atoms with E-state index in [-0.39, 0.29) is 11.4 Å². The second-order valence-corrected chi connectivity index (χ2v) is 6.84. The number of rotatable bonds is 4. The fourth-order valence-corrected chi connectivity index (χ4v) is 3.73. The molecule has 4 aromatic rings. The number of alkyl halides is 3. The van der Waals surface area contributed by atoms with Gasteiger partial charge < -0.3 is 9.30 Å². The van der Waals surface area contributed by atoms with Gasteiger partial charge in [0, 0.05) is 39.8 Å². The van der Waals surface area contributed by atoms with Crippen molar-refractivity contribution in [3.05, 3.63) is 76.3 Å². The van der Waals surface area contributed by atoms with Crippen LogP contribution in [0.25, 0.3) is 27.0 Å². The Bertz CT molecular complexity index is 1150. The van der Waals surface area contributed by atoms with Crippen molar-refractivity contribution in [1.82, 2.24) is 4.57 Å². The molecule has 0 N–H and O–H groups in total. The van der Waals surface area contributed by atoms with Gasteiger partial charge in [0.05, 0.1) is 10.4 Å². The van der Waals surface area contributed by atoms with Crippen LogP contribution in [-0.2, 0) is 0 Å². The number of fused-ring (bicyclic) bond motifs is 1. The normalized spacial score (nSPS) is 11.7. The second kappa shape index (κ2) is 6.68. The molecule has 0 aliphatic heterocycles. The quantitative estimate of drug-likeness (QED) is 0.302. The summed E-state index contributed by atoms with van der Waals surface area (Å²) in [5, 5.41) is 13.8. The molecule has 2 aromatic carbocycles. The van der Waals surface area contributed by atoms with Gasteiger partial charge in [-0.2, -0.15) is 0 Å². The Morgan fingerprint density at radius 3 is 2.43 bits per heavy atom. The zero-order chi connectivity index (χ0) is 19.9. The number of hydrogen-bond donors (Lipinski definition) is 0. The van der Waals surface area contributed by atoms with Crippen molar-refractivity contribution < 1.29 is 22.8 Å². The van der Waals surface area contributed by atoms with E-state index in [0.29, 0.717) is 16.6 Å². The van der Waals surface area contributed by atoms with E-state index in [2.05, 4.69) is 4.74 Å². The summed E-state index contributed by atoms with van der Waals surface area (Å²) in [7, 11) is 0. The summed E-state index contributed by atoms with van der Waals surface area (Å²) in [4.78, 5) is 11.6. The summed E-state index contributed by atoms with van der Waals surface area (Å²) >= 11 is 1.49. The number of nitro benzene ring substituents is 1. The summed E-state index contributed by atoms with van der Waals surface area (Å²) in [5.74, 6) is -0.318. The summed E-state index contributed by atoms with van der Waals surface area (Å²) < 4.78 is 42.8. The molecule has 2 heterocycles. The first-order valence-electron chi connectivity index (χ1n) is 8.01. The van der Waals surface area contributed by atoms with Crippen LogP contribution in [0.1, 0.15) is 0 Å². The van der Waals surface area contributed by atoms with E-state index in [1.54, 1.807) is 10.6 Å². The number of nitro groups is 1. The Kier molecular flexibility index (Phi) is 4.31. The zero-order valence-corrected chi connectivity index (χ0v) is 14.8. The first kappa shape index (κ1) is 18.1. The van der Waals surface area contributed by atoms with E-state index >= 15 is 0 Å². The van der Waals surface area contributed by atoms with E-state index in [4.69, 9.17) is 0 Å². The van der Waals surface area contributed by atoms with Crippen LogP contribution in [0.2, 0.25) is 0 Å². The molecular weight excluding hydrogens is 393 g/mol. The van der Waals surface area contributed by atoms with E-state index < -0.39 is 11.3 Å². The fourth-order valence-electron chi connectivity index (χ4n) is 2.98. The molecule has 9 heteroatoms. The van der Waals surface area contributed by atoms with Crippen molar-refractivity contribution >= 4 is 27.9 Å². The molecule has 142 valence electrons. The minimum Gasteiger partial charge on any atom is -0.406 e. The summed E-state index contributed by atoms with van der Waals surface area (Å²) in [5.41, 5.74) is 2.09. The maximum Gasteiger partial charge on any atom is 0.573 e. The van der Waals surface area contributed by atoms with E-state index in [0.717, 1.165) is 10.4 Å². The Hall–Kier alpha value is -3.33. The molecule has 0 spiro atoms. The molecule has 5 nitrogen and oxygen atoms in total. The third-order valence-corrected chi connectivity index (χ3v) is 5.04. The second-order valence-electron chi connectivity index (χ2n) is 5.89. The highest BCUT2D eigenvalue weighted by atomic mass is 32.1. The van der Waals surface area contributed by atoms with Gasteiger partial charge in [-0.1, -0.05) is 6.07 Å². The van der Waals surface area contributed by atoms with Gasteiger partial charge in [-0.15, -0.1) is 24.5 Å². The predicted molar refractivity (Wildman–Crippen MR) is 99.9 cm³/mol. The molecule has 4 rings (SSSR count). The summed E-state index contributed by atoms with van der Waals surface area (Å²) in [6.45, 7) is 0. The molecule has 0 atom stereocenters. The van der Waals surface area contributed by atoms with Crippen molar-refractivity contribution in [3.8, 4) is 21.9 Å². The number of ether oxygens (including phenoxy) is 1. The fraction of sp³-hybridized carbons (Fsp3) is 0.0526. The zero-order valence-electron chi connectivity index (χ0n) is 14.0. The third kappa shape index (κ3) is 3.44. The molecule has 0 radical (unpaired) electrons.